The Labute approximate surface area is 387 Å². The lowest BCUT2D eigenvalue weighted by molar-refractivity contribution is 0.591. The molecule has 2 nitrogen and oxygen atoms in total. The third-order valence-electron chi connectivity index (χ3n) is 14.9. The van der Waals surface area contributed by atoms with Crippen molar-refractivity contribution in [2.24, 2.45) is 0 Å². The molecule has 0 saturated heterocycles. The summed E-state index contributed by atoms with van der Waals surface area (Å²) in [5, 5.41) is 5.31. The SMILES string of the molecule is CC(C)(C)c1ccc2c(c1)c1ccc3c(c1n2-c1ccccc1)Cc1ccc(-c2cccc(-c4ccc5c(c4)-c4ccc6c7cc(C(C)(C)C)ccc7n(-c7ccccc7)c6c4C5)c2)cc1-3. The molecule has 0 fully saturated rings. The van der Waals surface area contributed by atoms with E-state index in [0.29, 0.717) is 0 Å². The maximum Gasteiger partial charge on any atom is 0.0582 e. The average molecular weight is 849 g/mol. The molecule has 0 bridgehead atoms. The van der Waals surface area contributed by atoms with Crippen molar-refractivity contribution < 1.29 is 0 Å². The lowest BCUT2D eigenvalue weighted by Crippen LogP contribution is -2.10. The summed E-state index contributed by atoms with van der Waals surface area (Å²) >= 11 is 0. The van der Waals surface area contributed by atoms with Crippen LogP contribution in [0.1, 0.15) is 74.9 Å². The molecule has 11 aromatic rings. The second-order valence-corrected chi connectivity index (χ2v) is 21.0. The fourth-order valence-corrected chi connectivity index (χ4v) is 11.4. The zero-order chi connectivity index (χ0) is 44.6. The van der Waals surface area contributed by atoms with E-state index in [1.54, 1.807) is 0 Å². The van der Waals surface area contributed by atoms with Crippen molar-refractivity contribution >= 4 is 43.6 Å². The third kappa shape index (κ3) is 5.87. The summed E-state index contributed by atoms with van der Waals surface area (Å²) in [6.45, 7) is 13.8. The van der Waals surface area contributed by atoms with Crippen LogP contribution in [0.4, 0.5) is 0 Å². The Balaban J connectivity index is 0.895. The Kier molecular flexibility index (Phi) is 8.29. The summed E-state index contributed by atoms with van der Waals surface area (Å²) in [4.78, 5) is 0. The van der Waals surface area contributed by atoms with Crippen LogP contribution in [0.25, 0.3) is 99.5 Å². The molecule has 0 atom stereocenters. The first-order chi connectivity index (χ1) is 32.0. The second-order valence-electron chi connectivity index (χ2n) is 21.0. The minimum absolute atomic E-state index is 0.0678. The topological polar surface area (TPSA) is 9.86 Å². The molecule has 2 aliphatic carbocycles. The fourth-order valence-electron chi connectivity index (χ4n) is 11.4. The van der Waals surface area contributed by atoms with Crippen LogP contribution in [0.3, 0.4) is 0 Å². The van der Waals surface area contributed by atoms with Gasteiger partial charge in [-0.2, -0.15) is 0 Å². The minimum atomic E-state index is 0.0678. The van der Waals surface area contributed by atoms with Crippen LogP contribution in [0, 0.1) is 0 Å². The minimum Gasteiger partial charge on any atom is -0.309 e. The zero-order valence-corrected chi connectivity index (χ0v) is 38.6. The summed E-state index contributed by atoms with van der Waals surface area (Å²) in [5.74, 6) is 0. The summed E-state index contributed by atoms with van der Waals surface area (Å²) in [6, 6.07) is 69.1. The van der Waals surface area contributed by atoms with Gasteiger partial charge in [-0.15, -0.1) is 0 Å². The zero-order valence-electron chi connectivity index (χ0n) is 38.6. The van der Waals surface area contributed by atoms with Crippen LogP contribution in [0.5, 0.6) is 0 Å². The normalized spacial score (nSPS) is 13.2. The van der Waals surface area contributed by atoms with Crippen LogP contribution < -0.4 is 0 Å². The van der Waals surface area contributed by atoms with E-state index in [0.717, 1.165) is 12.8 Å². The van der Waals surface area contributed by atoms with Gasteiger partial charge in [-0.05, 0) is 155 Å². The third-order valence-corrected chi connectivity index (χ3v) is 14.9. The number of para-hydroxylation sites is 2. The Morgan fingerprint density at radius 1 is 0.333 bits per heavy atom. The smallest absolute Gasteiger partial charge is 0.0582 e. The van der Waals surface area contributed by atoms with Crippen LogP contribution >= 0.6 is 0 Å². The van der Waals surface area contributed by atoms with Crippen molar-refractivity contribution in [2.75, 3.05) is 0 Å². The van der Waals surface area contributed by atoms with Gasteiger partial charge >= 0.3 is 0 Å². The van der Waals surface area contributed by atoms with Crippen molar-refractivity contribution in [3.63, 3.8) is 0 Å². The molecule has 9 aromatic carbocycles. The Bertz CT molecular complexity index is 3560. The van der Waals surface area contributed by atoms with Crippen molar-refractivity contribution in [1.29, 1.82) is 0 Å². The van der Waals surface area contributed by atoms with Crippen LogP contribution in [-0.4, -0.2) is 9.13 Å². The molecule has 2 heteroatoms. The number of hydrogen-bond acceptors (Lipinski definition) is 0. The van der Waals surface area contributed by atoms with Gasteiger partial charge in [-0.3, -0.25) is 0 Å². The standard InChI is InChI=1S/C64H52N2/c1-63(2,3)45-24-30-59-55(37-45)51-28-26-49-53-33-41(20-22-43(53)35-57(49)61(51)65(59)47-16-9-7-10-17-47)39-14-13-15-40(32-39)42-21-23-44-36-58-50(54(44)34-42)27-29-52-56-38-46(64(4,5)6)25-31-60(56)66(62(52)58)48-18-11-8-12-19-48/h7-34,37-38H,35-36H2,1-6H3. The molecule has 0 radical (unpaired) electrons. The molecule has 0 saturated carbocycles. The molecule has 0 N–H and O–H groups in total. The van der Waals surface area contributed by atoms with E-state index in [9.17, 15) is 0 Å². The van der Waals surface area contributed by atoms with Gasteiger partial charge in [-0.25, -0.2) is 0 Å². The van der Waals surface area contributed by atoms with E-state index in [-0.39, 0.29) is 10.8 Å². The molecule has 2 aliphatic rings. The molecule has 13 rings (SSSR count). The number of hydrogen-bond donors (Lipinski definition) is 0. The predicted molar refractivity (Wildman–Crippen MR) is 280 cm³/mol. The molecule has 0 spiro atoms. The van der Waals surface area contributed by atoms with E-state index in [2.05, 4.69) is 233 Å². The number of nitrogens with zero attached hydrogens (tertiary/aromatic N) is 2. The van der Waals surface area contributed by atoms with E-state index >= 15 is 0 Å². The second kappa shape index (κ2) is 14.0. The largest absolute Gasteiger partial charge is 0.309 e. The Morgan fingerprint density at radius 2 is 0.758 bits per heavy atom. The average Bonchev–Trinajstić information content (AvgIpc) is 4.08. The fraction of sp³-hybridized carbons (Fsp3) is 0.156. The molecule has 318 valence electrons. The number of fused-ring (bicyclic) bond motifs is 14. The van der Waals surface area contributed by atoms with Gasteiger partial charge in [-0.1, -0.05) is 157 Å². The maximum absolute atomic E-state index is 2.51. The van der Waals surface area contributed by atoms with Gasteiger partial charge < -0.3 is 9.13 Å². The lowest BCUT2D eigenvalue weighted by atomic mass is 9.86. The lowest BCUT2D eigenvalue weighted by Gasteiger charge is -2.19. The van der Waals surface area contributed by atoms with Gasteiger partial charge in [0.2, 0.25) is 0 Å². The van der Waals surface area contributed by atoms with Crippen molar-refractivity contribution in [3.8, 4) is 55.9 Å². The van der Waals surface area contributed by atoms with Crippen LogP contribution in [0.2, 0.25) is 0 Å². The van der Waals surface area contributed by atoms with Gasteiger partial charge in [0.05, 0.1) is 22.1 Å². The number of aromatic nitrogens is 2. The van der Waals surface area contributed by atoms with E-state index < -0.39 is 0 Å². The van der Waals surface area contributed by atoms with Gasteiger partial charge in [0.25, 0.3) is 0 Å². The molecular weight excluding hydrogens is 797 g/mol. The van der Waals surface area contributed by atoms with Crippen molar-refractivity contribution in [2.45, 2.75) is 65.2 Å². The first-order valence-electron chi connectivity index (χ1n) is 23.7. The van der Waals surface area contributed by atoms with Gasteiger partial charge in [0, 0.05) is 45.8 Å². The number of rotatable bonds is 4. The molecular formula is C64H52N2. The van der Waals surface area contributed by atoms with Crippen LogP contribution in [-0.2, 0) is 23.7 Å². The molecule has 0 aliphatic heterocycles. The first-order valence-corrected chi connectivity index (χ1v) is 23.7. The van der Waals surface area contributed by atoms with E-state index in [4.69, 9.17) is 0 Å². The summed E-state index contributed by atoms with van der Waals surface area (Å²) in [7, 11) is 0. The molecule has 0 unspecified atom stereocenters. The van der Waals surface area contributed by atoms with Gasteiger partial charge in [0.1, 0.15) is 0 Å². The Hall–Kier alpha value is -7.42. The van der Waals surface area contributed by atoms with Gasteiger partial charge in [0.15, 0.2) is 0 Å². The van der Waals surface area contributed by atoms with Crippen molar-refractivity contribution in [1.82, 2.24) is 9.13 Å². The quantitative estimate of drug-likeness (QED) is 0.167. The maximum atomic E-state index is 2.51. The predicted octanol–water partition coefficient (Wildman–Crippen LogP) is 17.0. The highest BCUT2D eigenvalue weighted by Crippen LogP contribution is 2.48. The van der Waals surface area contributed by atoms with Crippen LogP contribution in [0.15, 0.2) is 182 Å². The highest BCUT2D eigenvalue weighted by Gasteiger charge is 2.28. The van der Waals surface area contributed by atoms with E-state index in [1.165, 1.54) is 133 Å². The Morgan fingerprint density at radius 3 is 1.18 bits per heavy atom. The number of benzene rings is 9. The van der Waals surface area contributed by atoms with Crippen molar-refractivity contribution in [3.05, 3.63) is 215 Å². The first kappa shape index (κ1) is 39.0. The summed E-state index contributed by atoms with van der Waals surface area (Å²) in [6.07, 6.45) is 1.84. The monoisotopic (exact) mass is 848 g/mol. The summed E-state index contributed by atoms with van der Waals surface area (Å²) in [5.41, 5.74) is 26.4. The highest BCUT2D eigenvalue weighted by molar-refractivity contribution is 6.14. The highest BCUT2D eigenvalue weighted by atomic mass is 15.0. The molecule has 2 heterocycles. The van der Waals surface area contributed by atoms with E-state index in [1.807, 2.05) is 0 Å². The molecule has 2 aromatic heterocycles. The molecule has 0 amide bonds. The molecule has 66 heavy (non-hydrogen) atoms. The summed E-state index contributed by atoms with van der Waals surface area (Å²) < 4.78 is 5.02.